The average Bonchev–Trinajstić information content (AvgIpc) is 3.22. The molecule has 0 radical (unpaired) electrons. The molecule has 0 saturated heterocycles. The largest absolute Gasteiger partial charge is 0.396 e. The standard InChI is InChI=1S/C23H41N4O5P/c1-2-31-33(30,32-15-11-9-7-5-3-4-6-8-10-14-28)16-12-13-24-17-20-18-25-22-21(20)26-19-27-23(22)29/h18-19,24-25,28H,2-17H2,1H3,(H,26,27,29). The number of H-pyrrole nitrogens is 2. The Morgan fingerprint density at radius 1 is 1.00 bits per heavy atom. The van der Waals surface area contributed by atoms with Crippen LogP contribution in [-0.4, -0.2) is 52.6 Å². The second kappa shape index (κ2) is 16.2. The lowest BCUT2D eigenvalue weighted by Crippen LogP contribution is -2.16. The first-order chi connectivity index (χ1) is 16.1. The van der Waals surface area contributed by atoms with Crippen molar-refractivity contribution in [3.8, 4) is 0 Å². The van der Waals surface area contributed by atoms with Gasteiger partial charge in [0, 0.05) is 24.9 Å². The molecule has 2 heterocycles. The fraction of sp³-hybridized carbons (Fsp3) is 0.739. The van der Waals surface area contributed by atoms with Gasteiger partial charge >= 0.3 is 7.60 Å². The zero-order valence-corrected chi connectivity index (χ0v) is 20.8. The fourth-order valence-corrected chi connectivity index (χ4v) is 5.46. The van der Waals surface area contributed by atoms with Crippen LogP contribution in [0.25, 0.3) is 11.0 Å². The molecule has 0 fully saturated rings. The van der Waals surface area contributed by atoms with Crippen molar-refractivity contribution in [1.29, 1.82) is 0 Å². The monoisotopic (exact) mass is 484 g/mol. The van der Waals surface area contributed by atoms with Gasteiger partial charge in [0.2, 0.25) is 0 Å². The van der Waals surface area contributed by atoms with E-state index >= 15 is 0 Å². The highest BCUT2D eigenvalue weighted by Crippen LogP contribution is 2.48. The highest BCUT2D eigenvalue weighted by Gasteiger charge is 2.23. The molecule has 1 atom stereocenters. The van der Waals surface area contributed by atoms with Gasteiger partial charge in [0.1, 0.15) is 5.52 Å². The predicted molar refractivity (Wildman–Crippen MR) is 132 cm³/mol. The van der Waals surface area contributed by atoms with Crippen LogP contribution in [0.3, 0.4) is 0 Å². The minimum Gasteiger partial charge on any atom is -0.396 e. The smallest absolute Gasteiger partial charge is 0.330 e. The van der Waals surface area contributed by atoms with Gasteiger partial charge in [0.15, 0.2) is 0 Å². The number of fused-ring (bicyclic) bond motifs is 1. The lowest BCUT2D eigenvalue weighted by molar-refractivity contribution is 0.207. The Kier molecular flexibility index (Phi) is 13.6. The first-order valence-electron chi connectivity index (χ1n) is 12.3. The Hall–Kier alpha value is -1.51. The molecule has 0 aromatic carbocycles. The molecular weight excluding hydrogens is 443 g/mol. The zero-order chi connectivity index (χ0) is 23.8. The number of nitrogens with zero attached hydrogens (tertiary/aromatic N) is 1. The number of hydrogen-bond donors (Lipinski definition) is 4. The number of aliphatic hydroxyl groups is 1. The lowest BCUT2D eigenvalue weighted by Gasteiger charge is -2.18. The van der Waals surface area contributed by atoms with E-state index in [-0.39, 0.29) is 5.56 Å². The first kappa shape index (κ1) is 27.7. The molecule has 9 nitrogen and oxygen atoms in total. The average molecular weight is 485 g/mol. The number of rotatable bonds is 20. The molecule has 0 bridgehead atoms. The molecule has 0 aliphatic rings. The third kappa shape index (κ3) is 10.5. The summed E-state index contributed by atoms with van der Waals surface area (Å²) in [5.41, 5.74) is 1.87. The SMILES string of the molecule is CCOP(=O)(CCCNCc1c[nH]c2c(=O)[nH]cnc12)OCCCCCCCCCCCO. The molecule has 0 amide bonds. The Bertz CT molecular complexity index is 885. The van der Waals surface area contributed by atoms with Gasteiger partial charge in [-0.05, 0) is 32.7 Å². The molecule has 0 aliphatic heterocycles. The van der Waals surface area contributed by atoms with Gasteiger partial charge in [-0.3, -0.25) is 9.36 Å². The highest BCUT2D eigenvalue weighted by molar-refractivity contribution is 7.53. The molecule has 0 aliphatic carbocycles. The number of nitrogens with one attached hydrogen (secondary N) is 3. The van der Waals surface area contributed by atoms with Crippen molar-refractivity contribution >= 4 is 18.6 Å². The molecule has 0 saturated carbocycles. The maximum atomic E-state index is 12.9. The molecule has 1 unspecified atom stereocenters. The Morgan fingerprint density at radius 2 is 1.70 bits per heavy atom. The number of unbranched alkanes of at least 4 members (excludes halogenated alkanes) is 8. The Morgan fingerprint density at radius 3 is 2.39 bits per heavy atom. The molecule has 2 aromatic heterocycles. The van der Waals surface area contributed by atoms with Crippen LogP contribution in [0.4, 0.5) is 0 Å². The second-order valence-electron chi connectivity index (χ2n) is 8.29. The highest BCUT2D eigenvalue weighted by atomic mass is 31.2. The van der Waals surface area contributed by atoms with Crippen LogP contribution in [0.1, 0.15) is 76.7 Å². The van der Waals surface area contributed by atoms with Gasteiger partial charge in [0.25, 0.3) is 5.56 Å². The van der Waals surface area contributed by atoms with Crippen LogP contribution in [-0.2, 0) is 20.2 Å². The van der Waals surface area contributed by atoms with E-state index in [1.807, 2.05) is 6.92 Å². The molecular formula is C23H41N4O5P. The van der Waals surface area contributed by atoms with Crippen molar-refractivity contribution in [2.75, 3.05) is 32.5 Å². The van der Waals surface area contributed by atoms with Crippen molar-refractivity contribution in [2.24, 2.45) is 0 Å². The van der Waals surface area contributed by atoms with E-state index < -0.39 is 7.60 Å². The third-order valence-electron chi connectivity index (χ3n) is 5.57. The van der Waals surface area contributed by atoms with Crippen LogP contribution in [0, 0.1) is 0 Å². The van der Waals surface area contributed by atoms with E-state index in [9.17, 15) is 9.36 Å². The van der Waals surface area contributed by atoms with E-state index in [1.165, 1.54) is 38.4 Å². The van der Waals surface area contributed by atoms with Crippen LogP contribution >= 0.6 is 7.60 Å². The first-order valence-corrected chi connectivity index (χ1v) is 14.1. The minimum absolute atomic E-state index is 0.185. The van der Waals surface area contributed by atoms with E-state index in [0.717, 1.165) is 31.2 Å². The quantitative estimate of drug-likeness (QED) is 0.161. The summed E-state index contributed by atoms with van der Waals surface area (Å²) in [5.74, 6) is 0. The lowest BCUT2D eigenvalue weighted by atomic mass is 10.1. The minimum atomic E-state index is -3.07. The summed E-state index contributed by atoms with van der Waals surface area (Å²) in [5, 5.41) is 12.1. The molecule has 188 valence electrons. The van der Waals surface area contributed by atoms with Gasteiger partial charge in [-0.25, -0.2) is 4.98 Å². The van der Waals surface area contributed by atoms with Crippen LogP contribution in [0.15, 0.2) is 17.3 Å². The molecule has 33 heavy (non-hydrogen) atoms. The van der Waals surface area contributed by atoms with Gasteiger partial charge in [0.05, 0.1) is 31.2 Å². The van der Waals surface area contributed by atoms with E-state index in [1.54, 1.807) is 6.20 Å². The second-order valence-corrected chi connectivity index (χ2v) is 10.5. The molecule has 2 aromatic rings. The summed E-state index contributed by atoms with van der Waals surface area (Å²) in [6, 6.07) is 0. The summed E-state index contributed by atoms with van der Waals surface area (Å²) in [4.78, 5) is 21.5. The van der Waals surface area contributed by atoms with Crippen LogP contribution < -0.4 is 10.9 Å². The van der Waals surface area contributed by atoms with E-state index in [4.69, 9.17) is 14.2 Å². The van der Waals surface area contributed by atoms with Gasteiger partial charge in [-0.15, -0.1) is 0 Å². The Balaban J connectivity index is 1.57. The van der Waals surface area contributed by atoms with Crippen LogP contribution in [0.5, 0.6) is 0 Å². The summed E-state index contributed by atoms with van der Waals surface area (Å²) in [6.07, 6.45) is 14.3. The number of aliphatic hydroxyl groups excluding tert-OH is 1. The maximum Gasteiger partial charge on any atom is 0.330 e. The maximum absolute atomic E-state index is 12.9. The topological polar surface area (TPSA) is 129 Å². The van der Waals surface area contributed by atoms with E-state index in [0.29, 0.717) is 56.5 Å². The zero-order valence-electron chi connectivity index (χ0n) is 19.9. The summed E-state index contributed by atoms with van der Waals surface area (Å²) >= 11 is 0. The van der Waals surface area contributed by atoms with Gasteiger partial charge in [-0.2, -0.15) is 0 Å². The summed E-state index contributed by atoms with van der Waals surface area (Å²) in [6.45, 7) is 4.20. The van der Waals surface area contributed by atoms with Crippen LogP contribution in [0.2, 0.25) is 0 Å². The Labute approximate surface area is 196 Å². The molecule has 2 rings (SSSR count). The fourth-order valence-electron chi connectivity index (χ4n) is 3.78. The van der Waals surface area contributed by atoms with Crippen molar-refractivity contribution in [1.82, 2.24) is 20.3 Å². The van der Waals surface area contributed by atoms with E-state index in [2.05, 4.69) is 20.3 Å². The predicted octanol–water partition coefficient (Wildman–Crippen LogP) is 4.48. The van der Waals surface area contributed by atoms with Crippen molar-refractivity contribution in [2.45, 2.75) is 77.7 Å². The summed E-state index contributed by atoms with van der Waals surface area (Å²) in [7, 11) is -3.07. The van der Waals surface area contributed by atoms with Gasteiger partial charge in [-0.1, -0.05) is 44.9 Å². The molecule has 10 heteroatoms. The number of aromatic nitrogens is 3. The third-order valence-corrected chi connectivity index (χ3v) is 7.66. The van der Waals surface area contributed by atoms with Crippen molar-refractivity contribution in [3.05, 3.63) is 28.4 Å². The number of aromatic amines is 2. The van der Waals surface area contributed by atoms with Crippen molar-refractivity contribution < 1.29 is 18.7 Å². The van der Waals surface area contributed by atoms with Gasteiger partial charge < -0.3 is 29.4 Å². The normalized spacial score (nSPS) is 13.5. The number of hydrogen-bond acceptors (Lipinski definition) is 7. The molecule has 4 N–H and O–H groups in total. The molecule has 0 spiro atoms. The van der Waals surface area contributed by atoms with Crippen molar-refractivity contribution in [3.63, 3.8) is 0 Å². The summed E-state index contributed by atoms with van der Waals surface area (Å²) < 4.78 is 24.1.